The Hall–Kier alpha value is -1.90. The van der Waals surface area contributed by atoms with Crippen LogP contribution in [0.3, 0.4) is 0 Å². The summed E-state index contributed by atoms with van der Waals surface area (Å²) in [6.45, 7) is 3.03. The molecule has 0 bridgehead atoms. The van der Waals surface area contributed by atoms with Crippen molar-refractivity contribution in [1.82, 2.24) is 24.5 Å². The van der Waals surface area contributed by atoms with Gasteiger partial charge in [-0.25, -0.2) is 0 Å². The molecule has 1 fully saturated rings. The molecule has 1 aliphatic rings. The van der Waals surface area contributed by atoms with Gasteiger partial charge in [0.25, 0.3) is 0 Å². The smallest absolute Gasteiger partial charge is 0.306 e. The van der Waals surface area contributed by atoms with E-state index in [-0.39, 0.29) is 5.69 Å². The molecule has 3 rings (SSSR count). The van der Waals surface area contributed by atoms with E-state index in [1.165, 1.54) is 37.0 Å². The highest BCUT2D eigenvalue weighted by Gasteiger charge is 2.30. The SMILES string of the molecule is CCCn1c(SCn2cc([N+](=O)[O-])cn2)nnc1C1CC1. The fourth-order valence-corrected chi connectivity index (χ4v) is 2.95. The van der Waals surface area contributed by atoms with Gasteiger partial charge in [-0.05, 0) is 19.3 Å². The Morgan fingerprint density at radius 1 is 1.48 bits per heavy atom. The topological polar surface area (TPSA) is 91.7 Å². The molecule has 112 valence electrons. The summed E-state index contributed by atoms with van der Waals surface area (Å²) < 4.78 is 3.71. The Labute approximate surface area is 125 Å². The largest absolute Gasteiger partial charge is 0.307 e. The van der Waals surface area contributed by atoms with Crippen molar-refractivity contribution in [3.05, 3.63) is 28.3 Å². The van der Waals surface area contributed by atoms with Crippen LogP contribution in [-0.2, 0) is 12.4 Å². The standard InChI is InChI=1S/C12H16N6O2S/c1-2-5-17-11(9-3-4-9)14-15-12(17)21-8-16-7-10(6-13-16)18(19)20/h6-7,9H,2-5,8H2,1H3. The molecule has 2 aromatic heterocycles. The van der Waals surface area contributed by atoms with E-state index in [1.54, 1.807) is 4.68 Å². The maximum Gasteiger partial charge on any atom is 0.307 e. The van der Waals surface area contributed by atoms with Crippen LogP contribution >= 0.6 is 11.8 Å². The number of nitro groups is 1. The fourth-order valence-electron chi connectivity index (χ4n) is 2.13. The zero-order chi connectivity index (χ0) is 14.8. The number of rotatable bonds is 7. The Balaban J connectivity index is 1.70. The number of aromatic nitrogens is 5. The van der Waals surface area contributed by atoms with Crippen molar-refractivity contribution in [2.45, 2.75) is 49.7 Å². The lowest BCUT2D eigenvalue weighted by molar-refractivity contribution is -0.385. The maximum atomic E-state index is 10.6. The summed E-state index contributed by atoms with van der Waals surface area (Å²) in [7, 11) is 0. The van der Waals surface area contributed by atoms with Crippen LogP contribution in [0.5, 0.6) is 0 Å². The fraction of sp³-hybridized carbons (Fsp3) is 0.583. The normalized spacial score (nSPS) is 14.5. The molecule has 9 heteroatoms. The summed E-state index contributed by atoms with van der Waals surface area (Å²) in [5.74, 6) is 2.12. The number of hydrogen-bond donors (Lipinski definition) is 0. The number of thioether (sulfide) groups is 1. The van der Waals surface area contributed by atoms with Crippen LogP contribution in [0.4, 0.5) is 5.69 Å². The zero-order valence-corrected chi connectivity index (χ0v) is 12.5. The minimum absolute atomic E-state index is 0.00398. The van der Waals surface area contributed by atoms with E-state index < -0.39 is 4.92 Å². The van der Waals surface area contributed by atoms with Gasteiger partial charge in [-0.1, -0.05) is 18.7 Å². The predicted molar refractivity (Wildman–Crippen MR) is 77.0 cm³/mol. The first-order valence-corrected chi connectivity index (χ1v) is 7.90. The van der Waals surface area contributed by atoms with Crippen molar-refractivity contribution >= 4 is 17.4 Å². The maximum absolute atomic E-state index is 10.6. The molecule has 0 amide bonds. The molecule has 1 aliphatic carbocycles. The Morgan fingerprint density at radius 3 is 2.90 bits per heavy atom. The zero-order valence-electron chi connectivity index (χ0n) is 11.7. The van der Waals surface area contributed by atoms with E-state index >= 15 is 0 Å². The Kier molecular flexibility index (Phi) is 3.91. The van der Waals surface area contributed by atoms with Crippen molar-refractivity contribution in [2.24, 2.45) is 0 Å². The molecule has 2 heterocycles. The van der Waals surface area contributed by atoms with Gasteiger partial charge in [0, 0.05) is 12.5 Å². The lowest BCUT2D eigenvalue weighted by Gasteiger charge is -2.07. The molecular formula is C12H16N6O2S. The molecule has 1 saturated carbocycles. The Bertz CT molecular complexity index is 648. The summed E-state index contributed by atoms with van der Waals surface area (Å²) in [6, 6.07) is 0. The third kappa shape index (κ3) is 3.07. The third-order valence-corrected chi connectivity index (χ3v) is 4.25. The van der Waals surface area contributed by atoms with E-state index in [4.69, 9.17) is 0 Å². The molecule has 0 saturated heterocycles. The summed E-state index contributed by atoms with van der Waals surface area (Å²) in [6.07, 6.45) is 6.09. The van der Waals surface area contributed by atoms with Crippen LogP contribution in [-0.4, -0.2) is 29.5 Å². The highest BCUT2D eigenvalue weighted by Crippen LogP contribution is 2.40. The van der Waals surface area contributed by atoms with Crippen molar-refractivity contribution in [2.75, 3.05) is 0 Å². The van der Waals surface area contributed by atoms with E-state index in [0.717, 1.165) is 23.9 Å². The van der Waals surface area contributed by atoms with Gasteiger partial charge in [0.05, 0.1) is 10.8 Å². The molecule has 2 aromatic rings. The summed E-state index contributed by atoms with van der Waals surface area (Å²) in [5, 5.41) is 24.0. The molecule has 8 nitrogen and oxygen atoms in total. The van der Waals surface area contributed by atoms with Crippen LogP contribution in [0.1, 0.15) is 37.9 Å². The van der Waals surface area contributed by atoms with Crippen LogP contribution in [0.15, 0.2) is 17.6 Å². The van der Waals surface area contributed by atoms with Crippen molar-refractivity contribution < 1.29 is 4.92 Å². The first kappa shape index (κ1) is 14.1. The molecule has 0 atom stereocenters. The van der Waals surface area contributed by atoms with Gasteiger partial charge in [0.2, 0.25) is 0 Å². The minimum Gasteiger partial charge on any atom is -0.306 e. The molecular weight excluding hydrogens is 292 g/mol. The lowest BCUT2D eigenvalue weighted by atomic mass is 10.4. The second-order valence-corrected chi connectivity index (χ2v) is 5.95. The quantitative estimate of drug-likeness (QED) is 0.443. The van der Waals surface area contributed by atoms with Crippen molar-refractivity contribution in [3.8, 4) is 0 Å². The predicted octanol–water partition coefficient (Wildman–Crippen LogP) is 2.42. The van der Waals surface area contributed by atoms with E-state index in [2.05, 4.69) is 26.8 Å². The molecule has 0 radical (unpaired) electrons. The number of hydrogen-bond acceptors (Lipinski definition) is 6. The average molecular weight is 308 g/mol. The molecule has 21 heavy (non-hydrogen) atoms. The average Bonchev–Trinajstić information content (AvgIpc) is 3.05. The molecule has 0 aromatic carbocycles. The summed E-state index contributed by atoms with van der Waals surface area (Å²) in [5.41, 5.74) is 0.00398. The molecule has 0 unspecified atom stereocenters. The van der Waals surface area contributed by atoms with E-state index in [9.17, 15) is 10.1 Å². The van der Waals surface area contributed by atoms with Gasteiger partial charge in [0.1, 0.15) is 18.2 Å². The second kappa shape index (κ2) is 5.84. The molecule has 0 aliphatic heterocycles. The van der Waals surface area contributed by atoms with Gasteiger partial charge < -0.3 is 4.57 Å². The monoisotopic (exact) mass is 308 g/mol. The van der Waals surface area contributed by atoms with Gasteiger partial charge in [-0.15, -0.1) is 10.2 Å². The molecule has 0 spiro atoms. The van der Waals surface area contributed by atoms with E-state index in [1.807, 2.05) is 0 Å². The van der Waals surface area contributed by atoms with Gasteiger partial charge in [0.15, 0.2) is 5.16 Å². The van der Waals surface area contributed by atoms with Gasteiger partial charge in [-0.3, -0.25) is 14.8 Å². The minimum atomic E-state index is -0.445. The first-order valence-electron chi connectivity index (χ1n) is 6.91. The van der Waals surface area contributed by atoms with E-state index in [0.29, 0.717) is 11.8 Å². The highest BCUT2D eigenvalue weighted by molar-refractivity contribution is 7.98. The third-order valence-electron chi connectivity index (χ3n) is 3.29. The van der Waals surface area contributed by atoms with Crippen molar-refractivity contribution in [3.63, 3.8) is 0 Å². The second-order valence-electron chi connectivity index (χ2n) is 5.04. The van der Waals surface area contributed by atoms with Gasteiger partial charge in [-0.2, -0.15) is 5.10 Å². The van der Waals surface area contributed by atoms with Crippen LogP contribution in [0.25, 0.3) is 0 Å². The Morgan fingerprint density at radius 2 is 2.29 bits per heavy atom. The summed E-state index contributed by atoms with van der Waals surface area (Å²) >= 11 is 1.50. The first-order chi connectivity index (χ1) is 10.2. The summed E-state index contributed by atoms with van der Waals surface area (Å²) in [4.78, 5) is 10.2. The number of nitrogens with zero attached hydrogens (tertiary/aromatic N) is 6. The van der Waals surface area contributed by atoms with Crippen LogP contribution in [0, 0.1) is 10.1 Å². The van der Waals surface area contributed by atoms with Crippen molar-refractivity contribution in [1.29, 1.82) is 0 Å². The highest BCUT2D eigenvalue weighted by atomic mass is 32.2. The van der Waals surface area contributed by atoms with Crippen LogP contribution < -0.4 is 0 Å². The molecule has 0 N–H and O–H groups in total. The van der Waals surface area contributed by atoms with Crippen LogP contribution in [0.2, 0.25) is 0 Å². The lowest BCUT2D eigenvalue weighted by Crippen LogP contribution is -2.05. The van der Waals surface area contributed by atoms with Gasteiger partial charge >= 0.3 is 5.69 Å².